The van der Waals surface area contributed by atoms with Gasteiger partial charge in [0, 0.05) is 71.9 Å². The van der Waals surface area contributed by atoms with E-state index in [0.717, 1.165) is 37.3 Å². The Bertz CT molecular complexity index is 2300. The highest BCUT2D eigenvalue weighted by molar-refractivity contribution is 6.04. The zero-order chi connectivity index (χ0) is 34.4. The summed E-state index contributed by atoms with van der Waals surface area (Å²) >= 11 is 0. The molecule has 1 aliphatic heterocycles. The lowest BCUT2D eigenvalue weighted by atomic mass is 10.1. The molecular formula is C33H28F2N12O3. The van der Waals surface area contributed by atoms with Crippen LogP contribution in [0.15, 0.2) is 61.2 Å². The summed E-state index contributed by atoms with van der Waals surface area (Å²) in [6, 6.07) is 9.23. The molecule has 15 nitrogen and oxygen atoms in total. The third-order valence-electron chi connectivity index (χ3n) is 8.36. The van der Waals surface area contributed by atoms with Crippen molar-refractivity contribution in [3.05, 3.63) is 84.2 Å². The van der Waals surface area contributed by atoms with Gasteiger partial charge in [-0.05, 0) is 37.8 Å². The van der Waals surface area contributed by atoms with Crippen LogP contribution in [0.25, 0.3) is 33.8 Å². The molecule has 50 heavy (non-hydrogen) atoms. The lowest BCUT2D eigenvalue weighted by molar-refractivity contribution is -0.120. The van der Waals surface area contributed by atoms with E-state index in [-0.39, 0.29) is 12.3 Å². The Morgan fingerprint density at radius 2 is 1.36 bits per heavy atom. The summed E-state index contributed by atoms with van der Waals surface area (Å²) < 4.78 is 30.2. The summed E-state index contributed by atoms with van der Waals surface area (Å²) in [6.45, 7) is 0. The summed E-state index contributed by atoms with van der Waals surface area (Å²) in [7, 11) is 0. The second-order valence-electron chi connectivity index (χ2n) is 12.2. The molecule has 1 saturated heterocycles. The molecule has 7 heterocycles. The van der Waals surface area contributed by atoms with Crippen LogP contribution in [0.4, 0.5) is 25.2 Å². The third-order valence-corrected chi connectivity index (χ3v) is 8.36. The van der Waals surface area contributed by atoms with Crippen LogP contribution in [0.1, 0.15) is 41.6 Å². The Morgan fingerprint density at radius 1 is 0.800 bits per heavy atom. The number of halogens is 2. The van der Waals surface area contributed by atoms with E-state index in [4.69, 9.17) is 0 Å². The number of carbonyl (C=O) groups is 3. The van der Waals surface area contributed by atoms with Gasteiger partial charge in [-0.2, -0.15) is 28.0 Å². The van der Waals surface area contributed by atoms with E-state index in [1.165, 1.54) is 30.7 Å². The molecule has 1 atom stereocenters. The van der Waals surface area contributed by atoms with Crippen LogP contribution in [-0.4, -0.2) is 75.5 Å². The van der Waals surface area contributed by atoms with Crippen molar-refractivity contribution in [1.29, 1.82) is 0 Å². The van der Waals surface area contributed by atoms with Gasteiger partial charge < -0.3 is 16.0 Å². The Morgan fingerprint density at radius 3 is 1.88 bits per heavy atom. The molecule has 0 bridgehead atoms. The molecule has 0 spiro atoms. The van der Waals surface area contributed by atoms with Gasteiger partial charge in [-0.1, -0.05) is 0 Å². The van der Waals surface area contributed by atoms with Gasteiger partial charge in [0.1, 0.15) is 17.7 Å². The second-order valence-corrected chi connectivity index (χ2v) is 12.2. The molecule has 1 unspecified atom stereocenters. The zero-order valence-electron chi connectivity index (χ0n) is 26.2. The topological polar surface area (TPSA) is 185 Å². The van der Waals surface area contributed by atoms with Crippen LogP contribution in [0, 0.1) is 11.9 Å². The Balaban J connectivity index is 0.000000149. The summed E-state index contributed by atoms with van der Waals surface area (Å²) in [5.74, 6) is -0.0540. The minimum Gasteiger partial charge on any atom is -0.367 e. The summed E-state index contributed by atoms with van der Waals surface area (Å²) in [4.78, 5) is 50.6. The SMILES string of the molecule is O=C1NC(=O)C(Cc2cnn3c(NC4CC4)cc(-c4ccnc(F)c4)nc23)N1.O=Cc1cnn2c(NC3CC3)cc(-c3ccnc(F)c3)nc12. The molecule has 252 valence electrons. The third kappa shape index (κ3) is 6.39. The van der Waals surface area contributed by atoms with Crippen LogP contribution in [0.2, 0.25) is 0 Å². The number of urea groups is 1. The normalized spacial score (nSPS) is 16.9. The number of pyridine rings is 2. The first-order chi connectivity index (χ1) is 24.3. The van der Waals surface area contributed by atoms with Crippen LogP contribution >= 0.6 is 0 Å². The van der Waals surface area contributed by atoms with Crippen LogP contribution in [-0.2, 0) is 11.2 Å². The standard InChI is InChI=1S/C18H16FN7O2.C15H12FN5O/c19-14-6-9(3-4-20-14)12-7-15(22-11-1-2-11)26-16(23-12)10(8-21-26)5-13-17(27)25-18(28)24-13;16-13-5-9(3-4-17-13)12-6-14(19-11-1-2-11)21-15(20-12)10(8-22)7-18-21/h3-4,6-8,11,13,22H,1-2,5H2,(H2,24,25,27,28);3-8,11,19H,1-2H2. The van der Waals surface area contributed by atoms with Gasteiger partial charge in [0.2, 0.25) is 11.9 Å². The van der Waals surface area contributed by atoms with E-state index < -0.39 is 24.0 Å². The maximum absolute atomic E-state index is 13.6. The number of imide groups is 1. The zero-order valence-corrected chi connectivity index (χ0v) is 26.2. The lowest BCUT2D eigenvalue weighted by Crippen LogP contribution is -2.31. The van der Waals surface area contributed by atoms with Gasteiger partial charge in [0.25, 0.3) is 5.91 Å². The molecule has 3 fully saturated rings. The molecule has 6 aromatic rings. The molecule has 2 saturated carbocycles. The number of nitrogens with one attached hydrogen (secondary N) is 4. The maximum atomic E-state index is 13.6. The quantitative estimate of drug-likeness (QED) is 0.0996. The summed E-state index contributed by atoms with van der Waals surface area (Å²) in [5.41, 5.74) is 4.44. The lowest BCUT2D eigenvalue weighted by Gasteiger charge is -2.11. The number of anilines is 2. The fraction of sp³-hybridized carbons (Fsp3) is 0.242. The molecule has 4 N–H and O–H groups in total. The van der Waals surface area contributed by atoms with Gasteiger partial charge >= 0.3 is 6.03 Å². The van der Waals surface area contributed by atoms with Crippen LogP contribution < -0.4 is 21.3 Å². The van der Waals surface area contributed by atoms with E-state index >= 15 is 0 Å². The number of hydrogen-bond donors (Lipinski definition) is 4. The van der Waals surface area contributed by atoms with Crippen LogP contribution in [0.5, 0.6) is 0 Å². The van der Waals surface area contributed by atoms with Gasteiger partial charge in [0.05, 0.1) is 29.3 Å². The number of aldehydes is 1. The Kier molecular flexibility index (Phi) is 7.77. The Hall–Kier alpha value is -6.39. The van der Waals surface area contributed by atoms with Crippen molar-refractivity contribution in [2.45, 2.75) is 50.2 Å². The number of aromatic nitrogens is 8. The molecule has 6 aromatic heterocycles. The number of rotatable bonds is 9. The molecule has 17 heteroatoms. The average molecular weight is 679 g/mol. The van der Waals surface area contributed by atoms with E-state index in [1.807, 2.05) is 12.1 Å². The summed E-state index contributed by atoms with van der Waals surface area (Å²) in [6.07, 6.45) is 11.2. The van der Waals surface area contributed by atoms with Crippen molar-refractivity contribution in [1.82, 2.24) is 49.8 Å². The fourth-order valence-electron chi connectivity index (χ4n) is 5.54. The number of carbonyl (C=O) groups excluding carboxylic acids is 3. The highest BCUT2D eigenvalue weighted by Crippen LogP contribution is 2.30. The Labute approximate surface area is 281 Å². The number of amides is 3. The molecule has 3 aliphatic rings. The second kappa shape index (κ2) is 12.6. The van der Waals surface area contributed by atoms with Crippen molar-refractivity contribution in [2.75, 3.05) is 10.6 Å². The van der Waals surface area contributed by atoms with Crippen LogP contribution in [0.3, 0.4) is 0 Å². The highest BCUT2D eigenvalue weighted by atomic mass is 19.1. The highest BCUT2D eigenvalue weighted by Gasteiger charge is 2.31. The number of hydrogen-bond acceptors (Lipinski definition) is 11. The molecular weight excluding hydrogens is 650 g/mol. The van der Waals surface area contributed by atoms with Crippen molar-refractivity contribution in [2.24, 2.45) is 0 Å². The van der Waals surface area contributed by atoms with E-state index in [2.05, 4.69) is 51.4 Å². The average Bonchev–Trinajstić information content (AvgIpc) is 4.00. The van der Waals surface area contributed by atoms with Gasteiger partial charge in [-0.25, -0.2) is 24.7 Å². The number of nitrogens with zero attached hydrogens (tertiary/aromatic N) is 8. The van der Waals surface area contributed by atoms with E-state index in [9.17, 15) is 23.2 Å². The van der Waals surface area contributed by atoms with Gasteiger partial charge in [-0.3, -0.25) is 14.9 Å². The molecule has 3 amide bonds. The molecule has 9 rings (SSSR count). The molecule has 0 aromatic carbocycles. The van der Waals surface area contributed by atoms with E-state index in [1.54, 1.807) is 27.4 Å². The van der Waals surface area contributed by atoms with Crippen molar-refractivity contribution < 1.29 is 23.2 Å². The minimum atomic E-state index is -0.677. The van der Waals surface area contributed by atoms with Gasteiger partial charge in [0.15, 0.2) is 17.6 Å². The first-order valence-electron chi connectivity index (χ1n) is 15.9. The maximum Gasteiger partial charge on any atom is 0.322 e. The van der Waals surface area contributed by atoms with Gasteiger partial charge in [-0.15, -0.1) is 0 Å². The van der Waals surface area contributed by atoms with Crippen molar-refractivity contribution in [3.63, 3.8) is 0 Å². The smallest absolute Gasteiger partial charge is 0.322 e. The van der Waals surface area contributed by atoms with E-state index in [0.29, 0.717) is 63.3 Å². The predicted molar refractivity (Wildman–Crippen MR) is 175 cm³/mol. The molecule has 0 radical (unpaired) electrons. The molecule has 2 aliphatic carbocycles. The van der Waals surface area contributed by atoms with Crippen molar-refractivity contribution in [3.8, 4) is 22.5 Å². The first-order valence-corrected chi connectivity index (χ1v) is 15.9. The number of fused-ring (bicyclic) bond motifs is 2. The first kappa shape index (κ1) is 30.9. The summed E-state index contributed by atoms with van der Waals surface area (Å²) in [5, 5.41) is 20.2. The largest absolute Gasteiger partial charge is 0.367 e. The predicted octanol–water partition coefficient (Wildman–Crippen LogP) is 3.57. The monoisotopic (exact) mass is 678 g/mol. The fourth-order valence-corrected chi connectivity index (χ4v) is 5.54. The minimum absolute atomic E-state index is 0.255. The van der Waals surface area contributed by atoms with Crippen molar-refractivity contribution >= 4 is 41.2 Å².